The SMILES string of the molecule is CC(C)N(Cc1cccc(Cl)c1)S(=O)(=O)c1ccc(Br)s1. The molecular weight excluding hydrogens is 394 g/mol. The molecule has 0 amide bonds. The number of hydrogen-bond donors (Lipinski definition) is 0. The quantitative estimate of drug-likeness (QED) is 0.715. The molecule has 2 rings (SSSR count). The van der Waals surface area contributed by atoms with Crippen molar-refractivity contribution in [3.8, 4) is 0 Å². The molecule has 21 heavy (non-hydrogen) atoms. The molecule has 2 aromatic rings. The molecule has 0 radical (unpaired) electrons. The molecule has 7 heteroatoms. The molecular formula is C14H15BrClNO2S2. The first-order chi connectivity index (χ1) is 9.80. The van der Waals surface area contributed by atoms with E-state index >= 15 is 0 Å². The van der Waals surface area contributed by atoms with Crippen molar-refractivity contribution in [2.75, 3.05) is 0 Å². The Balaban J connectivity index is 2.35. The van der Waals surface area contributed by atoms with Gasteiger partial charge in [-0.15, -0.1) is 11.3 Å². The maximum atomic E-state index is 12.8. The van der Waals surface area contributed by atoms with Crippen LogP contribution in [-0.4, -0.2) is 18.8 Å². The highest BCUT2D eigenvalue weighted by Crippen LogP contribution is 2.30. The fourth-order valence-corrected chi connectivity index (χ4v) is 5.89. The van der Waals surface area contributed by atoms with E-state index in [2.05, 4.69) is 15.9 Å². The van der Waals surface area contributed by atoms with E-state index in [9.17, 15) is 8.42 Å². The standard InChI is InChI=1S/C14H15BrClNO2S2/c1-10(2)17(9-11-4-3-5-12(16)8-11)21(18,19)14-7-6-13(15)20-14/h3-8,10H,9H2,1-2H3. The molecule has 0 bridgehead atoms. The normalized spacial score (nSPS) is 12.3. The summed E-state index contributed by atoms with van der Waals surface area (Å²) in [5, 5.41) is 0.604. The zero-order valence-corrected chi connectivity index (χ0v) is 15.6. The average molecular weight is 409 g/mol. The van der Waals surface area contributed by atoms with E-state index in [-0.39, 0.29) is 6.04 Å². The van der Waals surface area contributed by atoms with Gasteiger partial charge in [0, 0.05) is 17.6 Å². The lowest BCUT2D eigenvalue weighted by molar-refractivity contribution is 0.349. The van der Waals surface area contributed by atoms with Crippen molar-refractivity contribution in [1.82, 2.24) is 4.31 Å². The van der Waals surface area contributed by atoms with E-state index in [1.54, 1.807) is 24.3 Å². The molecule has 0 saturated carbocycles. The predicted molar refractivity (Wildman–Crippen MR) is 91.3 cm³/mol. The highest BCUT2D eigenvalue weighted by Gasteiger charge is 2.28. The largest absolute Gasteiger partial charge is 0.253 e. The lowest BCUT2D eigenvalue weighted by atomic mass is 10.2. The molecule has 1 aromatic carbocycles. The second kappa shape index (κ2) is 6.79. The zero-order chi connectivity index (χ0) is 15.6. The number of benzene rings is 1. The van der Waals surface area contributed by atoms with Crippen molar-refractivity contribution in [2.45, 2.75) is 30.6 Å². The Morgan fingerprint density at radius 2 is 2.00 bits per heavy atom. The minimum absolute atomic E-state index is 0.144. The van der Waals surface area contributed by atoms with Crippen LogP contribution >= 0.6 is 38.9 Å². The fraction of sp³-hybridized carbons (Fsp3) is 0.286. The van der Waals surface area contributed by atoms with Gasteiger partial charge < -0.3 is 0 Å². The van der Waals surface area contributed by atoms with Gasteiger partial charge in [-0.25, -0.2) is 8.42 Å². The molecule has 3 nitrogen and oxygen atoms in total. The fourth-order valence-electron chi connectivity index (χ4n) is 1.91. The van der Waals surface area contributed by atoms with Crippen LogP contribution in [0.25, 0.3) is 0 Å². The first-order valence-electron chi connectivity index (χ1n) is 6.32. The third kappa shape index (κ3) is 4.07. The summed E-state index contributed by atoms with van der Waals surface area (Å²) in [6.45, 7) is 4.03. The van der Waals surface area contributed by atoms with Gasteiger partial charge in [0.15, 0.2) is 0 Å². The molecule has 0 aliphatic heterocycles. The lowest BCUT2D eigenvalue weighted by Gasteiger charge is -2.25. The summed E-state index contributed by atoms with van der Waals surface area (Å²) in [7, 11) is -3.51. The second-order valence-corrected chi connectivity index (χ2v) is 9.85. The molecule has 0 atom stereocenters. The van der Waals surface area contributed by atoms with Crippen LogP contribution in [0.15, 0.2) is 44.4 Å². The minimum atomic E-state index is -3.51. The van der Waals surface area contributed by atoms with Crippen LogP contribution in [0, 0.1) is 0 Å². The Labute approximate surface area is 142 Å². The van der Waals surface area contributed by atoms with Crippen LogP contribution in [0.4, 0.5) is 0 Å². The van der Waals surface area contributed by atoms with E-state index in [1.165, 1.54) is 15.6 Å². The highest BCUT2D eigenvalue weighted by molar-refractivity contribution is 9.11. The molecule has 0 fully saturated rings. The second-order valence-electron chi connectivity index (χ2n) is 4.83. The van der Waals surface area contributed by atoms with Crippen molar-refractivity contribution in [2.24, 2.45) is 0 Å². The molecule has 0 aliphatic carbocycles. The maximum Gasteiger partial charge on any atom is 0.253 e. The number of nitrogens with zero attached hydrogens (tertiary/aromatic N) is 1. The van der Waals surface area contributed by atoms with Gasteiger partial charge in [-0.2, -0.15) is 4.31 Å². The van der Waals surface area contributed by atoms with E-state index < -0.39 is 10.0 Å². The Morgan fingerprint density at radius 1 is 1.29 bits per heavy atom. The van der Waals surface area contributed by atoms with E-state index in [0.29, 0.717) is 15.8 Å². The zero-order valence-electron chi connectivity index (χ0n) is 11.6. The summed E-state index contributed by atoms with van der Waals surface area (Å²) in [5.74, 6) is 0. The molecule has 0 unspecified atom stereocenters. The summed E-state index contributed by atoms with van der Waals surface area (Å²) in [6.07, 6.45) is 0. The van der Waals surface area contributed by atoms with Crippen LogP contribution in [-0.2, 0) is 16.6 Å². The van der Waals surface area contributed by atoms with E-state index in [0.717, 1.165) is 9.35 Å². The number of thiophene rings is 1. The Morgan fingerprint density at radius 3 is 2.52 bits per heavy atom. The van der Waals surface area contributed by atoms with Crippen molar-refractivity contribution in [3.63, 3.8) is 0 Å². The smallest absolute Gasteiger partial charge is 0.206 e. The molecule has 0 N–H and O–H groups in total. The Hall–Kier alpha value is -0.400. The summed E-state index contributed by atoms with van der Waals surface area (Å²) in [4.78, 5) is 0. The summed E-state index contributed by atoms with van der Waals surface area (Å²) in [5.41, 5.74) is 0.871. The monoisotopic (exact) mass is 407 g/mol. The van der Waals surface area contributed by atoms with Crippen molar-refractivity contribution in [1.29, 1.82) is 0 Å². The van der Waals surface area contributed by atoms with Crippen LogP contribution in [0.2, 0.25) is 5.02 Å². The molecule has 0 aliphatic rings. The van der Waals surface area contributed by atoms with Crippen molar-refractivity contribution < 1.29 is 8.42 Å². The van der Waals surface area contributed by atoms with Gasteiger partial charge in [-0.3, -0.25) is 0 Å². The van der Waals surface area contributed by atoms with Gasteiger partial charge in [0.2, 0.25) is 0 Å². The summed E-state index contributed by atoms with van der Waals surface area (Å²) in [6, 6.07) is 10.5. The molecule has 1 heterocycles. The van der Waals surface area contributed by atoms with Crippen LogP contribution < -0.4 is 0 Å². The summed E-state index contributed by atoms with van der Waals surface area (Å²) >= 11 is 10.5. The van der Waals surface area contributed by atoms with Gasteiger partial charge in [0.25, 0.3) is 10.0 Å². The molecule has 1 aromatic heterocycles. The third-order valence-corrected chi connectivity index (χ3v) is 7.26. The Bertz CT molecular complexity index is 728. The third-order valence-electron chi connectivity index (χ3n) is 2.91. The van der Waals surface area contributed by atoms with Crippen LogP contribution in [0.5, 0.6) is 0 Å². The minimum Gasteiger partial charge on any atom is -0.206 e. The number of hydrogen-bond acceptors (Lipinski definition) is 3. The average Bonchev–Trinajstić information content (AvgIpc) is 2.83. The maximum absolute atomic E-state index is 12.8. The molecule has 0 saturated heterocycles. The first kappa shape index (κ1) is 17.0. The number of rotatable bonds is 5. The van der Waals surface area contributed by atoms with Gasteiger partial charge in [0.1, 0.15) is 4.21 Å². The van der Waals surface area contributed by atoms with E-state index in [4.69, 9.17) is 11.6 Å². The van der Waals surface area contributed by atoms with Crippen LogP contribution in [0.3, 0.4) is 0 Å². The number of halogens is 2. The highest BCUT2D eigenvalue weighted by atomic mass is 79.9. The van der Waals surface area contributed by atoms with Gasteiger partial charge in [0.05, 0.1) is 3.79 Å². The van der Waals surface area contributed by atoms with Gasteiger partial charge >= 0.3 is 0 Å². The lowest BCUT2D eigenvalue weighted by Crippen LogP contribution is -2.36. The van der Waals surface area contributed by atoms with Crippen molar-refractivity contribution >= 4 is 48.9 Å². The molecule has 114 valence electrons. The van der Waals surface area contributed by atoms with Crippen molar-refractivity contribution in [3.05, 3.63) is 50.8 Å². The topological polar surface area (TPSA) is 37.4 Å². The number of sulfonamides is 1. The van der Waals surface area contributed by atoms with Gasteiger partial charge in [-0.1, -0.05) is 23.7 Å². The van der Waals surface area contributed by atoms with Gasteiger partial charge in [-0.05, 0) is 59.6 Å². The van der Waals surface area contributed by atoms with Crippen LogP contribution in [0.1, 0.15) is 19.4 Å². The first-order valence-corrected chi connectivity index (χ1v) is 9.75. The Kier molecular flexibility index (Phi) is 5.48. The predicted octanol–water partition coefficient (Wildman–Crippen LogP) is 4.76. The molecule has 0 spiro atoms. The van der Waals surface area contributed by atoms with E-state index in [1.807, 2.05) is 26.0 Å². The summed E-state index contributed by atoms with van der Waals surface area (Å²) < 4.78 is 28.1.